The van der Waals surface area contributed by atoms with Crippen LogP contribution in [0.1, 0.15) is 18.9 Å². The number of anilines is 1. The molecular formula is C14H21FN2O. The Labute approximate surface area is 108 Å². The predicted octanol–water partition coefficient (Wildman–Crippen LogP) is 2.31. The van der Waals surface area contributed by atoms with Gasteiger partial charge < -0.3 is 15.4 Å². The van der Waals surface area contributed by atoms with Crippen molar-refractivity contribution in [1.29, 1.82) is 0 Å². The van der Waals surface area contributed by atoms with Gasteiger partial charge in [0.1, 0.15) is 5.82 Å². The van der Waals surface area contributed by atoms with Gasteiger partial charge in [0.05, 0.1) is 13.2 Å². The fraction of sp³-hybridized carbons (Fsp3) is 0.571. The molecule has 18 heavy (non-hydrogen) atoms. The first-order valence-electron chi connectivity index (χ1n) is 6.49. The molecule has 2 atom stereocenters. The third kappa shape index (κ3) is 3.68. The van der Waals surface area contributed by atoms with Crippen LogP contribution in [-0.2, 0) is 4.74 Å². The summed E-state index contributed by atoms with van der Waals surface area (Å²) in [5.74, 6) is -0.187. The second kappa shape index (κ2) is 6.16. The van der Waals surface area contributed by atoms with Crippen LogP contribution in [0.3, 0.4) is 0 Å². The van der Waals surface area contributed by atoms with E-state index in [-0.39, 0.29) is 5.82 Å². The lowest BCUT2D eigenvalue weighted by Gasteiger charge is -2.27. The zero-order valence-corrected chi connectivity index (χ0v) is 11.0. The van der Waals surface area contributed by atoms with Crippen molar-refractivity contribution in [3.63, 3.8) is 0 Å². The number of halogens is 1. The molecule has 2 N–H and O–H groups in total. The monoisotopic (exact) mass is 252 g/mol. The summed E-state index contributed by atoms with van der Waals surface area (Å²) in [6.07, 6.45) is 0.997. The lowest BCUT2D eigenvalue weighted by atomic mass is 10.1. The maximum absolute atomic E-state index is 13.0. The molecule has 4 heteroatoms. The molecule has 0 bridgehead atoms. The number of ether oxygens (including phenoxy) is 1. The first-order valence-corrected chi connectivity index (χ1v) is 6.49. The maximum atomic E-state index is 13.0. The SMILES string of the molecule is Cc1cc(F)ccc1NC(C)CC1COCCN1. The van der Waals surface area contributed by atoms with Gasteiger partial charge in [-0.05, 0) is 44.0 Å². The van der Waals surface area contributed by atoms with E-state index < -0.39 is 0 Å². The van der Waals surface area contributed by atoms with Crippen LogP contribution in [0, 0.1) is 12.7 Å². The quantitative estimate of drug-likeness (QED) is 0.862. The normalized spacial score (nSPS) is 21.6. The van der Waals surface area contributed by atoms with E-state index in [0.717, 1.165) is 37.4 Å². The van der Waals surface area contributed by atoms with Crippen molar-refractivity contribution in [2.24, 2.45) is 0 Å². The van der Waals surface area contributed by atoms with Crippen molar-refractivity contribution in [2.75, 3.05) is 25.1 Å². The van der Waals surface area contributed by atoms with E-state index in [0.29, 0.717) is 12.1 Å². The molecule has 0 amide bonds. The number of hydrogen-bond acceptors (Lipinski definition) is 3. The summed E-state index contributed by atoms with van der Waals surface area (Å²) in [5, 5.41) is 6.86. The Balaban J connectivity index is 1.87. The largest absolute Gasteiger partial charge is 0.382 e. The molecule has 1 aromatic carbocycles. The topological polar surface area (TPSA) is 33.3 Å². The van der Waals surface area contributed by atoms with Crippen molar-refractivity contribution in [1.82, 2.24) is 5.32 Å². The molecule has 0 aromatic heterocycles. The van der Waals surface area contributed by atoms with Gasteiger partial charge in [-0.25, -0.2) is 4.39 Å². The Morgan fingerprint density at radius 1 is 1.56 bits per heavy atom. The van der Waals surface area contributed by atoms with Gasteiger partial charge in [0.15, 0.2) is 0 Å². The molecular weight excluding hydrogens is 231 g/mol. The molecule has 0 saturated carbocycles. The highest BCUT2D eigenvalue weighted by molar-refractivity contribution is 5.51. The standard InChI is InChI=1S/C14H21FN2O/c1-10-7-12(15)3-4-14(10)17-11(2)8-13-9-18-6-5-16-13/h3-4,7,11,13,16-17H,5-6,8-9H2,1-2H3. The van der Waals surface area contributed by atoms with E-state index >= 15 is 0 Å². The van der Waals surface area contributed by atoms with Gasteiger partial charge in [0.2, 0.25) is 0 Å². The van der Waals surface area contributed by atoms with Gasteiger partial charge >= 0.3 is 0 Å². The number of morpholine rings is 1. The Hall–Kier alpha value is -1.13. The van der Waals surface area contributed by atoms with Gasteiger partial charge in [-0.1, -0.05) is 0 Å². The van der Waals surface area contributed by atoms with Crippen molar-refractivity contribution in [3.05, 3.63) is 29.6 Å². The van der Waals surface area contributed by atoms with E-state index in [1.807, 2.05) is 6.92 Å². The van der Waals surface area contributed by atoms with E-state index in [9.17, 15) is 4.39 Å². The van der Waals surface area contributed by atoms with Crippen LogP contribution in [0.2, 0.25) is 0 Å². The van der Waals surface area contributed by atoms with Crippen molar-refractivity contribution >= 4 is 5.69 Å². The predicted molar refractivity (Wildman–Crippen MR) is 71.4 cm³/mol. The highest BCUT2D eigenvalue weighted by Gasteiger charge is 2.16. The summed E-state index contributed by atoms with van der Waals surface area (Å²) < 4.78 is 18.4. The van der Waals surface area contributed by atoms with Crippen molar-refractivity contribution in [2.45, 2.75) is 32.4 Å². The third-order valence-electron chi connectivity index (χ3n) is 3.23. The Kier molecular flexibility index (Phi) is 4.55. The van der Waals surface area contributed by atoms with Gasteiger partial charge in [-0.2, -0.15) is 0 Å². The molecule has 1 heterocycles. The summed E-state index contributed by atoms with van der Waals surface area (Å²) in [5.41, 5.74) is 1.94. The molecule has 1 aliphatic rings. The minimum Gasteiger partial charge on any atom is -0.382 e. The molecule has 1 saturated heterocycles. The van der Waals surface area contributed by atoms with E-state index in [4.69, 9.17) is 4.74 Å². The van der Waals surface area contributed by atoms with Gasteiger partial charge in [0.25, 0.3) is 0 Å². The maximum Gasteiger partial charge on any atom is 0.123 e. The minimum absolute atomic E-state index is 0.187. The average molecular weight is 252 g/mol. The highest BCUT2D eigenvalue weighted by Crippen LogP contribution is 2.18. The Bertz CT molecular complexity index is 391. The molecule has 1 fully saturated rings. The van der Waals surface area contributed by atoms with Crippen molar-refractivity contribution in [3.8, 4) is 0 Å². The molecule has 2 unspecified atom stereocenters. The van der Waals surface area contributed by atoms with Crippen LogP contribution < -0.4 is 10.6 Å². The second-order valence-corrected chi connectivity index (χ2v) is 4.97. The van der Waals surface area contributed by atoms with E-state index in [1.165, 1.54) is 6.07 Å². The summed E-state index contributed by atoms with van der Waals surface area (Å²) in [6, 6.07) is 5.57. The lowest BCUT2D eigenvalue weighted by molar-refractivity contribution is 0.0731. The highest BCUT2D eigenvalue weighted by atomic mass is 19.1. The van der Waals surface area contributed by atoms with Crippen LogP contribution in [0.4, 0.5) is 10.1 Å². The zero-order valence-electron chi connectivity index (χ0n) is 11.0. The molecule has 2 rings (SSSR count). The van der Waals surface area contributed by atoms with Crippen LogP contribution in [0.15, 0.2) is 18.2 Å². The summed E-state index contributed by atoms with van der Waals surface area (Å²) in [4.78, 5) is 0. The van der Waals surface area contributed by atoms with Gasteiger partial charge in [-0.15, -0.1) is 0 Å². The summed E-state index contributed by atoms with van der Waals surface area (Å²) in [6.45, 7) is 6.55. The number of hydrogen-bond donors (Lipinski definition) is 2. The van der Waals surface area contributed by atoms with Crippen LogP contribution >= 0.6 is 0 Å². The van der Waals surface area contributed by atoms with E-state index in [1.54, 1.807) is 12.1 Å². The van der Waals surface area contributed by atoms with Gasteiger partial charge in [0, 0.05) is 24.3 Å². The lowest BCUT2D eigenvalue weighted by Crippen LogP contribution is -2.43. The number of aryl methyl sites for hydroxylation is 1. The third-order valence-corrected chi connectivity index (χ3v) is 3.23. The second-order valence-electron chi connectivity index (χ2n) is 4.97. The number of nitrogens with one attached hydrogen (secondary N) is 2. The summed E-state index contributed by atoms with van der Waals surface area (Å²) in [7, 11) is 0. The fourth-order valence-corrected chi connectivity index (χ4v) is 2.31. The Morgan fingerprint density at radius 2 is 2.39 bits per heavy atom. The van der Waals surface area contributed by atoms with Crippen LogP contribution in [-0.4, -0.2) is 31.8 Å². The minimum atomic E-state index is -0.187. The number of rotatable bonds is 4. The Morgan fingerprint density at radius 3 is 3.06 bits per heavy atom. The van der Waals surface area contributed by atoms with E-state index in [2.05, 4.69) is 17.6 Å². The molecule has 100 valence electrons. The summed E-state index contributed by atoms with van der Waals surface area (Å²) >= 11 is 0. The molecule has 1 aromatic rings. The molecule has 0 radical (unpaired) electrons. The fourth-order valence-electron chi connectivity index (χ4n) is 2.31. The smallest absolute Gasteiger partial charge is 0.123 e. The zero-order chi connectivity index (χ0) is 13.0. The first-order chi connectivity index (χ1) is 8.65. The number of benzene rings is 1. The molecule has 3 nitrogen and oxygen atoms in total. The molecule has 0 spiro atoms. The van der Waals surface area contributed by atoms with Crippen molar-refractivity contribution < 1.29 is 9.13 Å². The average Bonchev–Trinajstić information content (AvgIpc) is 2.34. The van der Waals surface area contributed by atoms with Gasteiger partial charge in [-0.3, -0.25) is 0 Å². The molecule has 1 aliphatic heterocycles. The molecule has 0 aliphatic carbocycles. The first kappa shape index (κ1) is 13.3. The van der Waals surface area contributed by atoms with Crippen LogP contribution in [0.25, 0.3) is 0 Å². The van der Waals surface area contributed by atoms with Crippen LogP contribution in [0.5, 0.6) is 0 Å².